The minimum Gasteiger partial charge on any atom is -0.486 e. The molecule has 0 saturated carbocycles. The first kappa shape index (κ1) is 14.0. The molecule has 2 aromatic carbocycles. The maximum Gasteiger partial charge on any atom is 0.165 e. The van der Waals surface area contributed by atoms with E-state index in [1.54, 1.807) is 12.1 Å². The number of aliphatic hydroxyl groups is 1. The van der Waals surface area contributed by atoms with Crippen molar-refractivity contribution in [2.45, 2.75) is 13.2 Å². The molecule has 0 fully saturated rings. The molecule has 0 unspecified atom stereocenters. The minimum atomic E-state index is -0.602. The lowest BCUT2D eigenvalue weighted by atomic mass is 10.1. The molecule has 0 aromatic heterocycles. The van der Waals surface area contributed by atoms with Crippen molar-refractivity contribution in [3.63, 3.8) is 0 Å². The van der Waals surface area contributed by atoms with Crippen LogP contribution in [0, 0.1) is 23.0 Å². The molecule has 0 radical (unpaired) electrons. The third-order valence-electron chi connectivity index (χ3n) is 2.72. The Morgan fingerprint density at radius 1 is 1.05 bits per heavy atom. The number of ether oxygens (including phenoxy) is 1. The molecule has 0 bridgehead atoms. The molecular weight excluding hydrogens is 264 g/mol. The number of halogens is 2. The van der Waals surface area contributed by atoms with Gasteiger partial charge in [0.2, 0.25) is 0 Å². The van der Waals surface area contributed by atoms with Gasteiger partial charge in [-0.2, -0.15) is 5.26 Å². The fraction of sp³-hybridized carbons (Fsp3) is 0.133. The van der Waals surface area contributed by atoms with E-state index >= 15 is 0 Å². The van der Waals surface area contributed by atoms with Gasteiger partial charge in [-0.25, -0.2) is 8.78 Å². The van der Waals surface area contributed by atoms with Crippen LogP contribution in [0.5, 0.6) is 5.75 Å². The predicted octanol–water partition coefficient (Wildman–Crippen LogP) is 2.91. The van der Waals surface area contributed by atoms with Gasteiger partial charge in [-0.15, -0.1) is 0 Å². The summed E-state index contributed by atoms with van der Waals surface area (Å²) in [7, 11) is 0. The highest BCUT2D eigenvalue weighted by molar-refractivity contribution is 5.35. The topological polar surface area (TPSA) is 53.2 Å². The molecule has 3 nitrogen and oxygen atoms in total. The Morgan fingerprint density at radius 2 is 1.80 bits per heavy atom. The normalized spacial score (nSPS) is 10.1. The van der Waals surface area contributed by atoms with Crippen LogP contribution in [0.25, 0.3) is 0 Å². The number of hydrogen-bond donors (Lipinski definition) is 1. The van der Waals surface area contributed by atoms with Gasteiger partial charge in [-0.3, -0.25) is 0 Å². The average molecular weight is 275 g/mol. The van der Waals surface area contributed by atoms with Gasteiger partial charge in [0.1, 0.15) is 18.5 Å². The van der Waals surface area contributed by atoms with Crippen molar-refractivity contribution in [3.8, 4) is 11.8 Å². The first-order valence-corrected chi connectivity index (χ1v) is 5.84. The molecule has 0 aliphatic carbocycles. The highest BCUT2D eigenvalue weighted by Gasteiger charge is 2.07. The lowest BCUT2D eigenvalue weighted by Gasteiger charge is -2.08. The van der Waals surface area contributed by atoms with Gasteiger partial charge in [0.05, 0.1) is 12.2 Å². The summed E-state index contributed by atoms with van der Waals surface area (Å²) < 4.78 is 32.0. The molecule has 20 heavy (non-hydrogen) atoms. The molecule has 5 heteroatoms. The minimum absolute atomic E-state index is 0.0182. The van der Waals surface area contributed by atoms with E-state index in [-0.39, 0.29) is 24.5 Å². The number of aliphatic hydroxyl groups excluding tert-OH is 1. The molecule has 0 aliphatic rings. The van der Waals surface area contributed by atoms with E-state index in [1.165, 1.54) is 30.3 Å². The maximum atomic E-state index is 13.6. The fourth-order valence-corrected chi connectivity index (χ4v) is 1.67. The van der Waals surface area contributed by atoms with Crippen LogP contribution in [0.15, 0.2) is 36.4 Å². The zero-order chi connectivity index (χ0) is 14.5. The molecule has 1 N–H and O–H groups in total. The van der Waals surface area contributed by atoms with E-state index in [1.807, 2.05) is 0 Å². The van der Waals surface area contributed by atoms with Gasteiger partial charge in [0.25, 0.3) is 0 Å². The smallest absolute Gasteiger partial charge is 0.165 e. The van der Waals surface area contributed by atoms with Crippen LogP contribution in [0.4, 0.5) is 8.78 Å². The molecule has 0 saturated heterocycles. The summed E-state index contributed by atoms with van der Waals surface area (Å²) >= 11 is 0. The highest BCUT2D eigenvalue weighted by atomic mass is 19.1. The van der Waals surface area contributed by atoms with Crippen LogP contribution in [0.1, 0.15) is 16.7 Å². The van der Waals surface area contributed by atoms with Gasteiger partial charge in [0.15, 0.2) is 11.6 Å². The summed E-state index contributed by atoms with van der Waals surface area (Å²) in [5.41, 5.74) is 0.930. The molecule has 102 valence electrons. The Hall–Kier alpha value is -2.45. The Balaban J connectivity index is 2.11. The third-order valence-corrected chi connectivity index (χ3v) is 2.72. The summed E-state index contributed by atoms with van der Waals surface area (Å²) in [4.78, 5) is 0. The SMILES string of the molecule is N#Cc1cc(COc2ccc(CO)cc2F)ccc1F. The maximum absolute atomic E-state index is 13.6. The van der Waals surface area contributed by atoms with Crippen molar-refractivity contribution in [2.24, 2.45) is 0 Å². The molecule has 2 rings (SSSR count). The molecule has 0 aliphatic heterocycles. The highest BCUT2D eigenvalue weighted by Crippen LogP contribution is 2.20. The third kappa shape index (κ3) is 3.11. The second-order valence-corrected chi connectivity index (χ2v) is 4.14. The standard InChI is InChI=1S/C15H11F2NO2/c16-13-3-1-11(5-12(13)7-18)9-20-15-4-2-10(8-19)6-14(15)17/h1-6,19H,8-9H2. The fourth-order valence-electron chi connectivity index (χ4n) is 1.67. The van der Waals surface area contributed by atoms with Gasteiger partial charge >= 0.3 is 0 Å². The number of nitriles is 1. The largest absolute Gasteiger partial charge is 0.486 e. The molecule has 0 amide bonds. The van der Waals surface area contributed by atoms with Gasteiger partial charge < -0.3 is 9.84 Å². The zero-order valence-corrected chi connectivity index (χ0v) is 10.4. The lowest BCUT2D eigenvalue weighted by molar-refractivity contribution is 0.276. The number of nitrogens with zero attached hydrogens (tertiary/aromatic N) is 1. The van der Waals surface area contributed by atoms with Crippen LogP contribution in [-0.2, 0) is 13.2 Å². The van der Waals surface area contributed by atoms with Crippen LogP contribution < -0.4 is 4.74 Å². The monoisotopic (exact) mass is 275 g/mol. The summed E-state index contributed by atoms with van der Waals surface area (Å²) in [5.74, 6) is -1.15. The van der Waals surface area contributed by atoms with E-state index in [9.17, 15) is 8.78 Å². The second-order valence-electron chi connectivity index (χ2n) is 4.14. The Morgan fingerprint density at radius 3 is 2.45 bits per heavy atom. The van der Waals surface area contributed by atoms with Crippen LogP contribution in [-0.4, -0.2) is 5.11 Å². The Labute approximate surface area is 114 Å². The summed E-state index contributed by atoms with van der Waals surface area (Å²) in [6, 6.07) is 9.86. The number of benzene rings is 2. The Bertz CT molecular complexity index is 665. The van der Waals surface area contributed by atoms with Crippen molar-refractivity contribution >= 4 is 0 Å². The van der Waals surface area contributed by atoms with E-state index in [4.69, 9.17) is 15.1 Å². The molecule has 0 spiro atoms. The number of rotatable bonds is 4. The molecule has 0 atom stereocenters. The predicted molar refractivity (Wildman–Crippen MR) is 67.8 cm³/mol. The molecule has 2 aromatic rings. The second kappa shape index (κ2) is 6.13. The van der Waals surface area contributed by atoms with E-state index < -0.39 is 11.6 Å². The van der Waals surface area contributed by atoms with Gasteiger partial charge in [-0.05, 0) is 35.4 Å². The van der Waals surface area contributed by atoms with Crippen molar-refractivity contribution in [2.75, 3.05) is 0 Å². The molecular formula is C15H11F2NO2. The summed E-state index contributed by atoms with van der Waals surface area (Å²) in [6.07, 6.45) is 0. The quantitative estimate of drug-likeness (QED) is 0.933. The van der Waals surface area contributed by atoms with Crippen molar-refractivity contribution in [3.05, 3.63) is 64.7 Å². The first-order valence-electron chi connectivity index (χ1n) is 5.84. The first-order chi connectivity index (χ1) is 9.63. The van der Waals surface area contributed by atoms with Gasteiger partial charge in [-0.1, -0.05) is 12.1 Å². The average Bonchev–Trinajstić information content (AvgIpc) is 2.47. The summed E-state index contributed by atoms with van der Waals surface area (Å²) in [5, 5.41) is 17.6. The van der Waals surface area contributed by atoms with Crippen LogP contribution in [0.2, 0.25) is 0 Å². The van der Waals surface area contributed by atoms with Crippen LogP contribution >= 0.6 is 0 Å². The van der Waals surface area contributed by atoms with E-state index in [0.29, 0.717) is 11.1 Å². The van der Waals surface area contributed by atoms with E-state index in [0.717, 1.165) is 0 Å². The van der Waals surface area contributed by atoms with Crippen molar-refractivity contribution in [1.29, 1.82) is 5.26 Å². The lowest BCUT2D eigenvalue weighted by Crippen LogP contribution is -1.99. The Kier molecular flexibility index (Phi) is 4.28. The molecule has 0 heterocycles. The zero-order valence-electron chi connectivity index (χ0n) is 10.4. The van der Waals surface area contributed by atoms with Gasteiger partial charge in [0, 0.05) is 0 Å². The van der Waals surface area contributed by atoms with Crippen LogP contribution in [0.3, 0.4) is 0 Å². The van der Waals surface area contributed by atoms with E-state index in [2.05, 4.69) is 0 Å². The summed E-state index contributed by atoms with van der Waals surface area (Å²) in [6.45, 7) is -0.231. The van der Waals surface area contributed by atoms with Crippen molar-refractivity contribution < 1.29 is 18.6 Å². The van der Waals surface area contributed by atoms with Crippen molar-refractivity contribution in [1.82, 2.24) is 0 Å². The number of hydrogen-bond acceptors (Lipinski definition) is 3.